The number of carbonyl (C=O) groups is 5. The van der Waals surface area contributed by atoms with Crippen LogP contribution in [0.25, 0.3) is 0 Å². The molecular formula is C25H27N3O6. The molecule has 1 unspecified atom stereocenters. The smallest absolute Gasteiger partial charge is 0.261 e. The minimum Gasteiger partial charge on any atom is -0.494 e. The second kappa shape index (κ2) is 10.3. The second-order valence-corrected chi connectivity index (χ2v) is 8.22. The summed E-state index contributed by atoms with van der Waals surface area (Å²) in [6.07, 6.45) is 0.408. The van der Waals surface area contributed by atoms with Gasteiger partial charge in [0.15, 0.2) is 0 Å². The van der Waals surface area contributed by atoms with Crippen molar-refractivity contribution < 1.29 is 28.7 Å². The van der Waals surface area contributed by atoms with Gasteiger partial charge in [-0.3, -0.25) is 34.2 Å². The number of hydrogen-bond acceptors (Lipinski definition) is 6. The first-order valence-corrected chi connectivity index (χ1v) is 10.9. The van der Waals surface area contributed by atoms with Gasteiger partial charge >= 0.3 is 0 Å². The Kier molecular flexibility index (Phi) is 7.45. The van der Waals surface area contributed by atoms with E-state index in [0.29, 0.717) is 29.9 Å². The summed E-state index contributed by atoms with van der Waals surface area (Å²) in [5.41, 5.74) is 0.633. The van der Waals surface area contributed by atoms with E-state index in [9.17, 15) is 24.0 Å². The van der Waals surface area contributed by atoms with Crippen LogP contribution in [-0.2, 0) is 20.9 Å². The standard InChI is InChI=1S/C25H27N3O6/c1-4-34-19-8-6-18(7-9-19)22(31)26-14-17-5-10-20(16(2)13-17)23(32)28(15-29)25(3)12-11-21(30)27-24(25)33/h5-10,13,15H,4,11-12,14H2,1-3H3,(H,26,31)(H,27,30,33). The summed E-state index contributed by atoms with van der Waals surface area (Å²) in [7, 11) is 0. The maximum absolute atomic E-state index is 13.1. The molecule has 178 valence electrons. The van der Waals surface area contributed by atoms with Gasteiger partial charge in [0, 0.05) is 24.1 Å². The summed E-state index contributed by atoms with van der Waals surface area (Å²) < 4.78 is 5.37. The molecule has 9 heteroatoms. The minimum absolute atomic E-state index is 0.0336. The lowest BCUT2D eigenvalue weighted by Crippen LogP contribution is -2.62. The highest BCUT2D eigenvalue weighted by molar-refractivity contribution is 6.09. The van der Waals surface area contributed by atoms with Crippen molar-refractivity contribution in [2.75, 3.05) is 6.61 Å². The molecule has 2 N–H and O–H groups in total. The fourth-order valence-corrected chi connectivity index (χ4v) is 3.77. The number of aryl methyl sites for hydroxylation is 1. The van der Waals surface area contributed by atoms with E-state index in [1.54, 1.807) is 49.4 Å². The molecule has 0 bridgehead atoms. The van der Waals surface area contributed by atoms with Gasteiger partial charge in [0.2, 0.25) is 12.3 Å². The number of nitrogens with zero attached hydrogens (tertiary/aromatic N) is 1. The summed E-state index contributed by atoms with van der Waals surface area (Å²) in [6, 6.07) is 11.8. The third kappa shape index (κ3) is 5.14. The lowest BCUT2D eigenvalue weighted by Gasteiger charge is -2.38. The van der Waals surface area contributed by atoms with Gasteiger partial charge in [-0.1, -0.05) is 12.1 Å². The first kappa shape index (κ1) is 24.6. The van der Waals surface area contributed by atoms with E-state index in [1.165, 1.54) is 6.92 Å². The first-order valence-electron chi connectivity index (χ1n) is 10.9. The van der Waals surface area contributed by atoms with Crippen molar-refractivity contribution in [2.45, 2.75) is 45.7 Å². The number of benzene rings is 2. The lowest BCUT2D eigenvalue weighted by atomic mass is 9.88. The summed E-state index contributed by atoms with van der Waals surface area (Å²) in [5.74, 6) is -1.32. The maximum atomic E-state index is 13.1. The molecule has 1 aliphatic rings. The summed E-state index contributed by atoms with van der Waals surface area (Å²) in [6.45, 7) is 5.83. The average Bonchev–Trinajstić information content (AvgIpc) is 2.81. The van der Waals surface area contributed by atoms with Gasteiger partial charge < -0.3 is 10.1 Å². The van der Waals surface area contributed by atoms with Crippen LogP contribution in [0.5, 0.6) is 5.75 Å². The number of piperidine rings is 1. The first-order chi connectivity index (χ1) is 16.2. The van der Waals surface area contributed by atoms with Gasteiger partial charge in [-0.2, -0.15) is 0 Å². The Morgan fingerprint density at radius 1 is 1.18 bits per heavy atom. The normalized spacial score (nSPS) is 17.5. The predicted octanol–water partition coefficient (Wildman–Crippen LogP) is 2.12. The van der Waals surface area contributed by atoms with E-state index in [0.717, 1.165) is 10.5 Å². The van der Waals surface area contributed by atoms with Gasteiger partial charge in [0.1, 0.15) is 11.3 Å². The molecule has 2 aromatic carbocycles. The summed E-state index contributed by atoms with van der Waals surface area (Å²) >= 11 is 0. The molecule has 0 aromatic heterocycles. The van der Waals surface area contributed by atoms with Gasteiger partial charge in [-0.05, 0) is 68.7 Å². The van der Waals surface area contributed by atoms with Crippen LogP contribution in [0.1, 0.15) is 58.5 Å². The Balaban J connectivity index is 1.69. The van der Waals surface area contributed by atoms with Crippen LogP contribution in [0.4, 0.5) is 0 Å². The van der Waals surface area contributed by atoms with E-state index >= 15 is 0 Å². The molecule has 0 saturated carbocycles. The van der Waals surface area contributed by atoms with E-state index in [-0.39, 0.29) is 30.9 Å². The van der Waals surface area contributed by atoms with Crippen molar-refractivity contribution >= 4 is 30.0 Å². The lowest BCUT2D eigenvalue weighted by molar-refractivity contribution is -0.145. The van der Waals surface area contributed by atoms with Crippen LogP contribution >= 0.6 is 0 Å². The number of imide groups is 2. The fourth-order valence-electron chi connectivity index (χ4n) is 3.77. The van der Waals surface area contributed by atoms with Crippen molar-refractivity contribution in [3.8, 4) is 5.75 Å². The topological polar surface area (TPSA) is 122 Å². The zero-order chi connectivity index (χ0) is 24.9. The molecule has 34 heavy (non-hydrogen) atoms. The number of rotatable bonds is 8. The Morgan fingerprint density at radius 2 is 1.88 bits per heavy atom. The molecule has 1 atom stereocenters. The molecule has 0 aliphatic carbocycles. The summed E-state index contributed by atoms with van der Waals surface area (Å²) in [5, 5.41) is 5.02. The Labute approximate surface area is 197 Å². The van der Waals surface area contributed by atoms with E-state index in [2.05, 4.69) is 10.6 Å². The van der Waals surface area contributed by atoms with Crippen molar-refractivity contribution in [3.05, 3.63) is 64.7 Å². The molecule has 0 spiro atoms. The van der Waals surface area contributed by atoms with Crippen LogP contribution in [0, 0.1) is 6.92 Å². The maximum Gasteiger partial charge on any atom is 0.261 e. The molecule has 3 rings (SSSR count). The Morgan fingerprint density at radius 3 is 2.47 bits per heavy atom. The zero-order valence-electron chi connectivity index (χ0n) is 19.3. The van der Waals surface area contributed by atoms with Gasteiger partial charge in [-0.25, -0.2) is 0 Å². The quantitative estimate of drug-likeness (QED) is 0.455. The molecule has 1 aliphatic heterocycles. The van der Waals surface area contributed by atoms with E-state index < -0.39 is 23.3 Å². The van der Waals surface area contributed by atoms with Gasteiger partial charge in [0.05, 0.1) is 6.61 Å². The van der Waals surface area contributed by atoms with E-state index in [1.807, 2.05) is 6.92 Å². The largest absolute Gasteiger partial charge is 0.494 e. The highest BCUT2D eigenvalue weighted by Gasteiger charge is 2.46. The molecule has 2 aromatic rings. The van der Waals surface area contributed by atoms with Crippen LogP contribution in [-0.4, -0.2) is 47.1 Å². The molecule has 1 fully saturated rings. The minimum atomic E-state index is -1.45. The number of nitrogens with one attached hydrogen (secondary N) is 2. The number of hydrogen-bond donors (Lipinski definition) is 2. The van der Waals surface area contributed by atoms with Crippen LogP contribution in [0.3, 0.4) is 0 Å². The van der Waals surface area contributed by atoms with Crippen molar-refractivity contribution in [3.63, 3.8) is 0 Å². The molecular weight excluding hydrogens is 438 g/mol. The molecule has 1 heterocycles. The van der Waals surface area contributed by atoms with Crippen LogP contribution in [0.2, 0.25) is 0 Å². The van der Waals surface area contributed by atoms with Crippen molar-refractivity contribution in [1.29, 1.82) is 0 Å². The van der Waals surface area contributed by atoms with Crippen molar-refractivity contribution in [2.24, 2.45) is 0 Å². The fraction of sp³-hybridized carbons (Fsp3) is 0.320. The van der Waals surface area contributed by atoms with E-state index in [4.69, 9.17) is 4.74 Å². The zero-order valence-corrected chi connectivity index (χ0v) is 19.3. The van der Waals surface area contributed by atoms with Crippen LogP contribution in [0.15, 0.2) is 42.5 Å². The second-order valence-electron chi connectivity index (χ2n) is 8.22. The number of amides is 5. The molecule has 5 amide bonds. The third-order valence-corrected chi connectivity index (χ3v) is 5.84. The third-order valence-electron chi connectivity index (χ3n) is 5.84. The Hall–Kier alpha value is -4.01. The Bertz CT molecular complexity index is 1130. The highest BCUT2D eigenvalue weighted by Crippen LogP contribution is 2.27. The van der Waals surface area contributed by atoms with Crippen LogP contribution < -0.4 is 15.4 Å². The highest BCUT2D eigenvalue weighted by atomic mass is 16.5. The molecule has 0 radical (unpaired) electrons. The predicted molar refractivity (Wildman–Crippen MR) is 123 cm³/mol. The SMILES string of the molecule is CCOc1ccc(C(=O)NCc2ccc(C(=O)N(C=O)C3(C)CCC(=O)NC3=O)c(C)c2)cc1. The number of ether oxygens (including phenoxy) is 1. The monoisotopic (exact) mass is 465 g/mol. The van der Waals surface area contributed by atoms with Gasteiger partial charge in [0.25, 0.3) is 17.7 Å². The average molecular weight is 466 g/mol. The number of carbonyl (C=O) groups excluding carboxylic acids is 5. The van der Waals surface area contributed by atoms with Crippen molar-refractivity contribution in [1.82, 2.24) is 15.5 Å². The summed E-state index contributed by atoms with van der Waals surface area (Å²) in [4.78, 5) is 62.0. The molecule has 9 nitrogen and oxygen atoms in total. The molecule has 1 saturated heterocycles. The van der Waals surface area contributed by atoms with Gasteiger partial charge in [-0.15, -0.1) is 0 Å².